The molecule has 7 nitrogen and oxygen atoms in total. The lowest BCUT2D eigenvalue weighted by atomic mass is 10.1. The van der Waals surface area contributed by atoms with Crippen LogP contribution in [0.25, 0.3) is 10.2 Å². The maximum Gasteiger partial charge on any atom is 0.417 e. The van der Waals surface area contributed by atoms with Gasteiger partial charge in [-0.25, -0.2) is 4.98 Å². The third-order valence-electron chi connectivity index (χ3n) is 4.66. The number of alkyl halides is 3. The smallest absolute Gasteiger partial charge is 0.367 e. The lowest BCUT2D eigenvalue weighted by molar-refractivity contribution is -0.136. The zero-order valence-electron chi connectivity index (χ0n) is 16.8. The lowest BCUT2D eigenvalue weighted by Crippen LogP contribution is -2.35. The Hall–Kier alpha value is -2.40. The zero-order valence-corrected chi connectivity index (χ0v) is 17.6. The molecule has 3 rings (SSSR count). The number of nitrogens with zero attached hydrogens (tertiary/aromatic N) is 2. The Morgan fingerprint density at radius 1 is 1.40 bits per heavy atom. The number of pyridine rings is 1. The van der Waals surface area contributed by atoms with Gasteiger partial charge in [-0.3, -0.25) is 9.59 Å². The molecule has 164 valence electrons. The number of thiophene rings is 1. The molecule has 1 atom stereocenters. The predicted octanol–water partition coefficient (Wildman–Crippen LogP) is 2.79. The summed E-state index contributed by atoms with van der Waals surface area (Å²) in [6.45, 7) is 4.32. The van der Waals surface area contributed by atoms with Crippen molar-refractivity contribution in [2.75, 3.05) is 31.6 Å². The number of carbonyl (C=O) groups excluding carboxylic acids is 2. The quantitative estimate of drug-likeness (QED) is 0.716. The fraction of sp³-hybridized carbons (Fsp3) is 0.526. The van der Waals surface area contributed by atoms with Crippen LogP contribution in [0.5, 0.6) is 0 Å². The molecule has 1 fully saturated rings. The Balaban J connectivity index is 1.84. The van der Waals surface area contributed by atoms with Gasteiger partial charge >= 0.3 is 6.18 Å². The highest BCUT2D eigenvalue weighted by Gasteiger charge is 2.36. The normalized spacial score (nSPS) is 17.0. The van der Waals surface area contributed by atoms with E-state index in [1.54, 1.807) is 4.90 Å². The van der Waals surface area contributed by atoms with E-state index in [0.29, 0.717) is 19.5 Å². The summed E-state index contributed by atoms with van der Waals surface area (Å²) >= 11 is 0.848. The van der Waals surface area contributed by atoms with E-state index in [1.165, 1.54) is 12.4 Å². The van der Waals surface area contributed by atoms with E-state index in [-0.39, 0.29) is 46.3 Å². The van der Waals surface area contributed by atoms with Crippen molar-refractivity contribution >= 4 is 39.2 Å². The minimum absolute atomic E-state index is 0.00183. The van der Waals surface area contributed by atoms with Crippen molar-refractivity contribution in [1.29, 1.82) is 0 Å². The molecule has 30 heavy (non-hydrogen) atoms. The van der Waals surface area contributed by atoms with E-state index >= 15 is 0 Å². The van der Waals surface area contributed by atoms with Crippen LogP contribution in [-0.2, 0) is 15.7 Å². The third-order valence-corrected chi connectivity index (χ3v) is 5.66. The van der Waals surface area contributed by atoms with Crippen LogP contribution in [0.4, 0.5) is 19.0 Å². The third kappa shape index (κ3) is 4.84. The Morgan fingerprint density at radius 2 is 2.13 bits per heavy atom. The van der Waals surface area contributed by atoms with Crippen molar-refractivity contribution < 1.29 is 27.5 Å². The molecule has 1 unspecified atom stereocenters. The number of anilines is 1. The van der Waals surface area contributed by atoms with Crippen molar-refractivity contribution in [3.05, 3.63) is 22.6 Å². The number of ether oxygens (including phenoxy) is 1. The number of hydrogen-bond acceptors (Lipinski definition) is 6. The largest absolute Gasteiger partial charge is 0.417 e. The van der Waals surface area contributed by atoms with Gasteiger partial charge in [0.15, 0.2) is 0 Å². The van der Waals surface area contributed by atoms with Gasteiger partial charge in [-0.2, -0.15) is 13.2 Å². The number of aromatic nitrogens is 1. The molecule has 1 saturated heterocycles. The summed E-state index contributed by atoms with van der Waals surface area (Å²) in [6, 6.07) is 1.01. The molecule has 2 aromatic heterocycles. The van der Waals surface area contributed by atoms with Gasteiger partial charge in [-0.15, -0.1) is 11.3 Å². The van der Waals surface area contributed by atoms with E-state index in [0.717, 1.165) is 17.4 Å². The van der Waals surface area contributed by atoms with Crippen LogP contribution in [0.1, 0.15) is 36.2 Å². The molecule has 0 bridgehead atoms. The van der Waals surface area contributed by atoms with Crippen molar-refractivity contribution in [2.45, 2.75) is 38.6 Å². The van der Waals surface area contributed by atoms with Crippen LogP contribution in [-0.4, -0.2) is 55.7 Å². The van der Waals surface area contributed by atoms with E-state index in [4.69, 9.17) is 4.74 Å². The number of amides is 2. The van der Waals surface area contributed by atoms with Crippen molar-refractivity contribution in [2.24, 2.45) is 0 Å². The van der Waals surface area contributed by atoms with E-state index in [2.05, 4.69) is 15.6 Å². The van der Waals surface area contributed by atoms with Crippen LogP contribution in [0.15, 0.2) is 11.4 Å². The van der Waals surface area contributed by atoms with Gasteiger partial charge in [0.2, 0.25) is 5.91 Å². The second kappa shape index (κ2) is 8.76. The molecular formula is C19H23F3N4O3S. The fourth-order valence-corrected chi connectivity index (χ4v) is 4.32. The summed E-state index contributed by atoms with van der Waals surface area (Å²) in [5.74, 6) is -0.593. The van der Waals surface area contributed by atoms with Gasteiger partial charge in [0.25, 0.3) is 5.91 Å². The first kappa shape index (κ1) is 22.3. The molecular weight excluding hydrogens is 421 g/mol. The first-order valence-electron chi connectivity index (χ1n) is 9.47. The molecule has 2 aromatic rings. The van der Waals surface area contributed by atoms with E-state index in [9.17, 15) is 22.8 Å². The zero-order chi connectivity index (χ0) is 22.1. The molecule has 2 amide bonds. The molecule has 1 aliphatic heterocycles. The number of hydrogen-bond donors (Lipinski definition) is 2. The van der Waals surface area contributed by atoms with Crippen molar-refractivity contribution in [3.63, 3.8) is 0 Å². The molecule has 0 saturated carbocycles. The van der Waals surface area contributed by atoms with Crippen LogP contribution >= 0.6 is 11.3 Å². The molecule has 0 aromatic carbocycles. The van der Waals surface area contributed by atoms with Gasteiger partial charge in [0.05, 0.1) is 27.4 Å². The van der Waals surface area contributed by atoms with E-state index < -0.39 is 17.6 Å². The van der Waals surface area contributed by atoms with Gasteiger partial charge in [0.1, 0.15) is 12.4 Å². The molecule has 1 aliphatic rings. The highest BCUT2D eigenvalue weighted by molar-refractivity contribution is 7.17. The Kier molecular flexibility index (Phi) is 6.51. The average molecular weight is 444 g/mol. The number of rotatable bonds is 6. The summed E-state index contributed by atoms with van der Waals surface area (Å²) in [4.78, 5) is 29.9. The SMILES string of the molecule is CNC(=O)c1csc2c(C(F)(F)F)cc(N3CCC(OCC(=O)NC(C)C)C3)nc12. The maximum atomic E-state index is 13.7. The summed E-state index contributed by atoms with van der Waals surface area (Å²) in [6.07, 6.45) is -4.32. The second-order valence-corrected chi connectivity index (χ2v) is 8.20. The van der Waals surface area contributed by atoms with Crippen LogP contribution in [0.2, 0.25) is 0 Å². The average Bonchev–Trinajstić information content (AvgIpc) is 3.30. The van der Waals surface area contributed by atoms with Gasteiger partial charge in [-0.05, 0) is 26.3 Å². The second-order valence-electron chi connectivity index (χ2n) is 7.32. The van der Waals surface area contributed by atoms with Crippen molar-refractivity contribution in [1.82, 2.24) is 15.6 Å². The van der Waals surface area contributed by atoms with E-state index in [1.807, 2.05) is 13.8 Å². The number of nitrogens with one attached hydrogen (secondary N) is 2. The number of fused-ring (bicyclic) bond motifs is 1. The number of halogens is 3. The predicted molar refractivity (Wildman–Crippen MR) is 108 cm³/mol. The molecule has 0 spiro atoms. The summed E-state index contributed by atoms with van der Waals surface area (Å²) in [5.41, 5.74) is -0.671. The summed E-state index contributed by atoms with van der Waals surface area (Å²) in [5, 5.41) is 6.54. The fourth-order valence-electron chi connectivity index (χ4n) is 3.29. The topological polar surface area (TPSA) is 83.6 Å². The van der Waals surface area contributed by atoms with Crippen LogP contribution in [0, 0.1) is 0 Å². The molecule has 3 heterocycles. The molecule has 0 aliphatic carbocycles. The minimum Gasteiger partial charge on any atom is -0.367 e. The Bertz CT molecular complexity index is 945. The first-order valence-corrected chi connectivity index (χ1v) is 10.4. The first-order chi connectivity index (χ1) is 14.1. The van der Waals surface area contributed by atoms with Crippen LogP contribution in [0.3, 0.4) is 0 Å². The minimum atomic E-state index is -4.58. The summed E-state index contributed by atoms with van der Waals surface area (Å²) in [7, 11) is 1.41. The standard InChI is InChI=1S/C19H23F3N4O3S/c1-10(2)24-15(27)8-29-11-4-5-26(7-11)14-6-13(19(20,21)22)17-16(25-14)12(9-30-17)18(28)23-3/h6,9-11H,4-5,7-8H2,1-3H3,(H,23,28)(H,24,27). The highest BCUT2D eigenvalue weighted by Crippen LogP contribution is 2.40. The molecule has 11 heteroatoms. The lowest BCUT2D eigenvalue weighted by Gasteiger charge is -2.20. The van der Waals surface area contributed by atoms with Gasteiger partial charge in [0, 0.05) is 31.6 Å². The summed E-state index contributed by atoms with van der Waals surface area (Å²) < 4.78 is 46.5. The Labute approximate surface area is 175 Å². The van der Waals surface area contributed by atoms with Crippen LogP contribution < -0.4 is 15.5 Å². The monoisotopic (exact) mass is 444 g/mol. The molecule has 0 radical (unpaired) electrons. The van der Waals surface area contributed by atoms with Gasteiger partial charge in [-0.1, -0.05) is 0 Å². The maximum absolute atomic E-state index is 13.7. The highest BCUT2D eigenvalue weighted by atomic mass is 32.1. The Morgan fingerprint density at radius 3 is 2.77 bits per heavy atom. The van der Waals surface area contributed by atoms with Gasteiger partial charge < -0.3 is 20.3 Å². The molecule has 2 N–H and O–H groups in total. The van der Waals surface area contributed by atoms with Crippen molar-refractivity contribution in [3.8, 4) is 0 Å². The number of carbonyl (C=O) groups is 2.